The van der Waals surface area contributed by atoms with Crippen LogP contribution in [0.5, 0.6) is 0 Å². The molecule has 1 aliphatic rings. The number of guanidine groups is 1. The third-order valence-electron chi connectivity index (χ3n) is 5.46. The van der Waals surface area contributed by atoms with Crippen LogP contribution in [0.25, 0.3) is 0 Å². The summed E-state index contributed by atoms with van der Waals surface area (Å²) in [6, 6.07) is 4.38. The number of thiophene rings is 1. The maximum atomic E-state index is 5.36. The van der Waals surface area contributed by atoms with E-state index in [4.69, 9.17) is 9.72 Å². The molecule has 1 N–H and O–H groups in total. The Morgan fingerprint density at radius 2 is 2.21 bits per heavy atom. The average molecular weight is 436 g/mol. The highest BCUT2D eigenvalue weighted by Crippen LogP contribution is 2.22. The number of hydrogen-bond donors (Lipinski definition) is 1. The number of aromatic nitrogens is 1. The standard InChI is InChI=1S/C21H33N5OS2/c1-16(27-4)20-24-18(15-29-20)13-25(3)21(22-2)23-12-17-7-9-26(10-8-17)14-19-6-5-11-28-19/h5-6,11,15-17H,7-10,12-14H2,1-4H3,(H,22,23). The van der Waals surface area contributed by atoms with Crippen LogP contribution >= 0.6 is 22.7 Å². The Balaban J connectivity index is 1.41. The van der Waals surface area contributed by atoms with E-state index in [1.54, 1.807) is 18.4 Å². The van der Waals surface area contributed by atoms with Crippen LogP contribution in [0.4, 0.5) is 0 Å². The average Bonchev–Trinajstić information content (AvgIpc) is 3.41. The van der Waals surface area contributed by atoms with Crippen molar-refractivity contribution in [2.45, 2.75) is 39.0 Å². The lowest BCUT2D eigenvalue weighted by molar-refractivity contribution is 0.119. The van der Waals surface area contributed by atoms with Gasteiger partial charge >= 0.3 is 0 Å². The fourth-order valence-electron chi connectivity index (χ4n) is 3.59. The summed E-state index contributed by atoms with van der Waals surface area (Å²) in [6.45, 7) is 7.20. The molecule has 2 aromatic rings. The number of hydrogen-bond acceptors (Lipinski definition) is 6. The first-order chi connectivity index (χ1) is 14.1. The van der Waals surface area contributed by atoms with Crippen LogP contribution in [0, 0.1) is 5.92 Å². The molecular formula is C21H33N5OS2. The Morgan fingerprint density at radius 3 is 2.86 bits per heavy atom. The predicted octanol–water partition coefficient (Wildman–Crippen LogP) is 3.83. The van der Waals surface area contributed by atoms with Gasteiger partial charge in [0, 0.05) is 44.6 Å². The summed E-state index contributed by atoms with van der Waals surface area (Å²) in [4.78, 5) is 15.3. The quantitative estimate of drug-likeness (QED) is 0.504. The minimum atomic E-state index is 0.0437. The first kappa shape index (κ1) is 22.2. The topological polar surface area (TPSA) is 53.0 Å². The van der Waals surface area contributed by atoms with E-state index in [-0.39, 0.29) is 6.10 Å². The first-order valence-electron chi connectivity index (χ1n) is 10.2. The van der Waals surface area contributed by atoms with E-state index in [0.29, 0.717) is 5.92 Å². The predicted molar refractivity (Wildman–Crippen MR) is 123 cm³/mol. The van der Waals surface area contributed by atoms with Gasteiger partial charge < -0.3 is 15.0 Å². The number of rotatable bonds is 8. The highest BCUT2D eigenvalue weighted by molar-refractivity contribution is 7.10. The molecule has 160 valence electrons. The van der Waals surface area contributed by atoms with Gasteiger partial charge in [0.05, 0.1) is 12.2 Å². The second-order valence-corrected chi connectivity index (χ2v) is 9.56. The van der Waals surface area contributed by atoms with Gasteiger partial charge in [0.25, 0.3) is 0 Å². The molecule has 0 saturated carbocycles. The largest absolute Gasteiger partial charge is 0.375 e. The van der Waals surface area contributed by atoms with Crippen LogP contribution in [-0.4, -0.2) is 61.6 Å². The van der Waals surface area contributed by atoms with Crippen molar-refractivity contribution >= 4 is 28.6 Å². The maximum Gasteiger partial charge on any atom is 0.193 e. The van der Waals surface area contributed by atoms with E-state index >= 15 is 0 Å². The number of thiazole rings is 1. The van der Waals surface area contributed by atoms with Crippen molar-refractivity contribution in [3.63, 3.8) is 0 Å². The van der Waals surface area contributed by atoms with Crippen LogP contribution in [0.1, 0.15) is 41.4 Å². The Morgan fingerprint density at radius 1 is 1.41 bits per heavy atom. The van der Waals surface area contributed by atoms with Gasteiger partial charge in [0.15, 0.2) is 5.96 Å². The maximum absolute atomic E-state index is 5.36. The molecular weight excluding hydrogens is 402 g/mol. The van der Waals surface area contributed by atoms with Crippen molar-refractivity contribution in [1.29, 1.82) is 0 Å². The van der Waals surface area contributed by atoms with Crippen molar-refractivity contribution in [1.82, 2.24) is 20.1 Å². The summed E-state index contributed by atoms with van der Waals surface area (Å²) in [5.41, 5.74) is 1.06. The number of nitrogens with one attached hydrogen (secondary N) is 1. The first-order valence-corrected chi connectivity index (χ1v) is 12.0. The van der Waals surface area contributed by atoms with Gasteiger partial charge in [-0.3, -0.25) is 9.89 Å². The summed E-state index contributed by atoms with van der Waals surface area (Å²) in [6.07, 6.45) is 2.52. The Bertz CT molecular complexity index is 753. The highest BCUT2D eigenvalue weighted by Gasteiger charge is 2.20. The van der Waals surface area contributed by atoms with Crippen molar-refractivity contribution in [2.75, 3.05) is 40.8 Å². The van der Waals surface area contributed by atoms with Gasteiger partial charge in [-0.25, -0.2) is 4.98 Å². The zero-order chi connectivity index (χ0) is 20.6. The van der Waals surface area contributed by atoms with Crippen molar-refractivity contribution in [3.05, 3.63) is 38.5 Å². The molecule has 29 heavy (non-hydrogen) atoms. The van der Waals surface area contributed by atoms with Crippen LogP contribution < -0.4 is 5.32 Å². The zero-order valence-electron chi connectivity index (χ0n) is 17.9. The molecule has 8 heteroatoms. The highest BCUT2D eigenvalue weighted by atomic mass is 32.1. The Kier molecular flexibility index (Phi) is 8.47. The van der Waals surface area contributed by atoms with Gasteiger partial charge in [0.2, 0.25) is 0 Å². The van der Waals surface area contributed by atoms with E-state index in [9.17, 15) is 0 Å². The monoisotopic (exact) mass is 435 g/mol. The smallest absolute Gasteiger partial charge is 0.193 e. The van der Waals surface area contributed by atoms with Crippen LogP contribution in [-0.2, 0) is 17.8 Å². The molecule has 1 unspecified atom stereocenters. The van der Waals surface area contributed by atoms with Crippen LogP contribution in [0.15, 0.2) is 27.9 Å². The molecule has 0 radical (unpaired) electrons. The summed E-state index contributed by atoms with van der Waals surface area (Å²) in [7, 11) is 5.63. The Hall–Kier alpha value is -1.48. The lowest BCUT2D eigenvalue weighted by Crippen LogP contribution is -2.43. The molecule has 3 heterocycles. The van der Waals surface area contributed by atoms with Crippen molar-refractivity contribution < 1.29 is 4.74 Å². The number of piperidine rings is 1. The molecule has 1 fully saturated rings. The number of methoxy groups -OCH3 is 1. The fraction of sp³-hybridized carbons (Fsp3) is 0.619. The lowest BCUT2D eigenvalue weighted by Gasteiger charge is -2.32. The molecule has 0 spiro atoms. The van der Waals surface area contributed by atoms with Gasteiger partial charge in [0.1, 0.15) is 11.1 Å². The minimum Gasteiger partial charge on any atom is -0.375 e. The van der Waals surface area contributed by atoms with E-state index in [1.807, 2.05) is 25.3 Å². The second-order valence-electron chi connectivity index (χ2n) is 7.64. The van der Waals surface area contributed by atoms with Gasteiger partial charge in [-0.05, 0) is 50.2 Å². The van der Waals surface area contributed by atoms with E-state index in [2.05, 4.69) is 50.0 Å². The van der Waals surface area contributed by atoms with E-state index in [1.165, 1.54) is 30.8 Å². The molecule has 0 bridgehead atoms. The normalized spacial score (nSPS) is 17.4. The molecule has 1 saturated heterocycles. The second kappa shape index (κ2) is 11.1. The third-order valence-corrected chi connectivity index (χ3v) is 7.37. The Labute approximate surface area is 182 Å². The van der Waals surface area contributed by atoms with Gasteiger partial charge in [-0.1, -0.05) is 6.07 Å². The molecule has 0 aromatic carbocycles. The van der Waals surface area contributed by atoms with E-state index in [0.717, 1.165) is 36.3 Å². The molecule has 6 nitrogen and oxygen atoms in total. The van der Waals surface area contributed by atoms with Gasteiger partial charge in [-0.2, -0.15) is 0 Å². The number of ether oxygens (including phenoxy) is 1. The van der Waals surface area contributed by atoms with Crippen molar-refractivity contribution in [2.24, 2.45) is 10.9 Å². The molecule has 0 amide bonds. The number of aliphatic imine (C=N–C) groups is 1. The molecule has 1 atom stereocenters. The molecule has 1 aliphatic heterocycles. The van der Waals surface area contributed by atoms with Crippen LogP contribution in [0.2, 0.25) is 0 Å². The summed E-state index contributed by atoms with van der Waals surface area (Å²) < 4.78 is 5.36. The molecule has 0 aliphatic carbocycles. The molecule has 3 rings (SSSR count). The summed E-state index contributed by atoms with van der Waals surface area (Å²) in [5, 5.41) is 8.87. The number of likely N-dealkylation sites (tertiary alicyclic amines) is 1. The van der Waals surface area contributed by atoms with Crippen molar-refractivity contribution in [3.8, 4) is 0 Å². The SMILES string of the molecule is CN=C(NCC1CCN(Cc2cccs2)CC1)N(C)Cc1csc(C(C)OC)n1. The summed E-state index contributed by atoms with van der Waals surface area (Å²) >= 11 is 3.51. The minimum absolute atomic E-state index is 0.0437. The lowest BCUT2D eigenvalue weighted by atomic mass is 9.97. The van der Waals surface area contributed by atoms with Crippen LogP contribution in [0.3, 0.4) is 0 Å². The molecule has 2 aromatic heterocycles. The van der Waals surface area contributed by atoms with E-state index < -0.39 is 0 Å². The number of nitrogens with zero attached hydrogens (tertiary/aromatic N) is 4. The summed E-state index contributed by atoms with van der Waals surface area (Å²) in [5.74, 6) is 1.63. The van der Waals surface area contributed by atoms with Gasteiger partial charge in [-0.15, -0.1) is 22.7 Å². The fourth-order valence-corrected chi connectivity index (χ4v) is 5.18. The zero-order valence-corrected chi connectivity index (χ0v) is 19.6. The third kappa shape index (κ3) is 6.50.